The maximum absolute atomic E-state index is 13.5. The second-order valence-electron chi connectivity index (χ2n) is 5.01. The molecule has 0 spiro atoms. The lowest BCUT2D eigenvalue weighted by molar-refractivity contribution is -0.0522. The molecule has 0 amide bonds. The Morgan fingerprint density at radius 3 is 2.45 bits per heavy atom. The normalized spacial score (nSPS) is 16.8. The minimum absolute atomic E-state index is 0. The van der Waals surface area contributed by atoms with E-state index in [1.54, 1.807) is 0 Å². The van der Waals surface area contributed by atoms with Gasteiger partial charge >= 0.3 is 6.61 Å². The summed E-state index contributed by atoms with van der Waals surface area (Å²) in [5.74, 6) is -1.89. The fourth-order valence-electron chi connectivity index (χ4n) is 1.97. The topological polar surface area (TPSA) is 81.4 Å². The molecule has 0 radical (unpaired) electrons. The van der Waals surface area contributed by atoms with Crippen LogP contribution >= 0.6 is 12.4 Å². The third-order valence-electron chi connectivity index (χ3n) is 3.39. The van der Waals surface area contributed by atoms with Crippen molar-refractivity contribution in [2.45, 2.75) is 36.3 Å². The van der Waals surface area contributed by atoms with Gasteiger partial charge in [0, 0.05) is 12.1 Å². The van der Waals surface area contributed by atoms with E-state index in [0.29, 0.717) is 18.9 Å². The van der Waals surface area contributed by atoms with E-state index in [1.807, 2.05) is 0 Å². The fourth-order valence-corrected chi connectivity index (χ4v) is 3.12. The molecule has 0 aromatic heterocycles. The highest BCUT2D eigenvalue weighted by atomic mass is 35.5. The Morgan fingerprint density at radius 1 is 1.36 bits per heavy atom. The first-order valence-electron chi connectivity index (χ1n) is 6.25. The molecule has 22 heavy (non-hydrogen) atoms. The summed E-state index contributed by atoms with van der Waals surface area (Å²) < 4.78 is 67.7. The van der Waals surface area contributed by atoms with Gasteiger partial charge in [0.05, 0.1) is 4.90 Å². The second-order valence-corrected chi connectivity index (χ2v) is 6.78. The molecule has 0 unspecified atom stereocenters. The lowest BCUT2D eigenvalue weighted by Gasteiger charge is -2.38. The number of halogens is 4. The second kappa shape index (κ2) is 7.03. The SMILES string of the molecule is Cl.NC1(CNS(=O)(=O)c2ccc(OC(F)F)c(F)c2)CCC1. The molecule has 5 nitrogen and oxygen atoms in total. The quantitative estimate of drug-likeness (QED) is 0.813. The largest absolute Gasteiger partial charge is 0.432 e. The number of hydrogen-bond acceptors (Lipinski definition) is 4. The van der Waals surface area contributed by atoms with Crippen LogP contribution in [0, 0.1) is 5.82 Å². The molecule has 1 saturated carbocycles. The van der Waals surface area contributed by atoms with E-state index >= 15 is 0 Å². The van der Waals surface area contributed by atoms with E-state index in [0.717, 1.165) is 18.6 Å². The van der Waals surface area contributed by atoms with Gasteiger partial charge < -0.3 is 10.5 Å². The van der Waals surface area contributed by atoms with E-state index in [1.165, 1.54) is 0 Å². The number of rotatable bonds is 6. The average molecular weight is 361 g/mol. The minimum Gasteiger partial charge on any atom is -0.432 e. The van der Waals surface area contributed by atoms with Gasteiger partial charge in [-0.05, 0) is 37.5 Å². The molecule has 3 N–H and O–H groups in total. The van der Waals surface area contributed by atoms with Crippen LogP contribution in [0.4, 0.5) is 13.2 Å². The molecule has 1 aliphatic rings. The van der Waals surface area contributed by atoms with Crippen molar-refractivity contribution in [2.24, 2.45) is 5.73 Å². The summed E-state index contributed by atoms with van der Waals surface area (Å²) in [4.78, 5) is -0.371. The lowest BCUT2D eigenvalue weighted by atomic mass is 9.78. The predicted octanol–water partition coefficient (Wildman–Crippen LogP) is 2.01. The Morgan fingerprint density at radius 2 is 2.00 bits per heavy atom. The van der Waals surface area contributed by atoms with Crippen molar-refractivity contribution in [1.29, 1.82) is 0 Å². The molecular weight excluding hydrogens is 345 g/mol. The molecule has 1 aromatic rings. The summed E-state index contributed by atoms with van der Waals surface area (Å²) in [6.45, 7) is -3.14. The van der Waals surface area contributed by atoms with Gasteiger partial charge in [-0.15, -0.1) is 12.4 Å². The minimum atomic E-state index is -3.95. The van der Waals surface area contributed by atoms with Crippen LogP contribution in [0.2, 0.25) is 0 Å². The molecule has 0 atom stereocenters. The highest BCUT2D eigenvalue weighted by Crippen LogP contribution is 2.29. The first-order chi connectivity index (χ1) is 9.72. The highest BCUT2D eigenvalue weighted by Gasteiger charge is 2.33. The summed E-state index contributed by atoms with van der Waals surface area (Å²) in [7, 11) is -3.95. The summed E-state index contributed by atoms with van der Waals surface area (Å²) in [6, 6.07) is 2.47. The summed E-state index contributed by atoms with van der Waals surface area (Å²) >= 11 is 0. The maximum Gasteiger partial charge on any atom is 0.387 e. The standard InChI is InChI=1S/C12H15F3N2O3S.ClH/c13-9-6-8(2-3-10(9)20-11(14)15)21(18,19)17-7-12(16)4-1-5-12;/h2-3,6,11,17H,1,4-5,7,16H2;1H. The van der Waals surface area contributed by atoms with E-state index in [9.17, 15) is 21.6 Å². The number of nitrogens with two attached hydrogens (primary N) is 1. The number of alkyl halides is 2. The Labute approximate surface area is 132 Å². The number of hydrogen-bond donors (Lipinski definition) is 2. The van der Waals surface area contributed by atoms with Crippen molar-refractivity contribution < 1.29 is 26.3 Å². The van der Waals surface area contributed by atoms with Crippen LogP contribution in [0.5, 0.6) is 5.75 Å². The molecule has 0 bridgehead atoms. The van der Waals surface area contributed by atoms with E-state index in [-0.39, 0.29) is 23.8 Å². The van der Waals surface area contributed by atoms with Crippen LogP contribution in [-0.4, -0.2) is 27.1 Å². The monoisotopic (exact) mass is 360 g/mol. The van der Waals surface area contributed by atoms with Crippen molar-refractivity contribution in [3.63, 3.8) is 0 Å². The van der Waals surface area contributed by atoms with Crippen LogP contribution in [0.3, 0.4) is 0 Å². The third kappa shape index (κ3) is 4.48. The summed E-state index contributed by atoms with van der Waals surface area (Å²) in [5, 5.41) is 0. The van der Waals surface area contributed by atoms with E-state index in [2.05, 4.69) is 9.46 Å². The average Bonchev–Trinajstić information content (AvgIpc) is 2.36. The molecule has 2 rings (SSSR count). The Bertz CT molecular complexity index is 624. The van der Waals surface area contributed by atoms with Crippen LogP contribution in [0.1, 0.15) is 19.3 Å². The third-order valence-corrected chi connectivity index (χ3v) is 4.79. The zero-order chi connectivity index (χ0) is 15.7. The van der Waals surface area contributed by atoms with Crippen molar-refractivity contribution in [3.8, 4) is 5.75 Å². The van der Waals surface area contributed by atoms with Crippen LogP contribution in [-0.2, 0) is 10.0 Å². The van der Waals surface area contributed by atoms with Crippen LogP contribution < -0.4 is 15.2 Å². The van der Waals surface area contributed by atoms with Crippen molar-refractivity contribution >= 4 is 22.4 Å². The van der Waals surface area contributed by atoms with Crippen molar-refractivity contribution in [1.82, 2.24) is 4.72 Å². The van der Waals surface area contributed by atoms with Crippen molar-refractivity contribution in [3.05, 3.63) is 24.0 Å². The molecule has 126 valence electrons. The van der Waals surface area contributed by atoms with Gasteiger partial charge in [-0.2, -0.15) is 8.78 Å². The first kappa shape index (κ1) is 19.0. The summed E-state index contributed by atoms with van der Waals surface area (Å²) in [6.07, 6.45) is 2.36. The number of nitrogens with one attached hydrogen (secondary N) is 1. The first-order valence-corrected chi connectivity index (χ1v) is 7.73. The molecular formula is C12H16ClF3N2O3S. The maximum atomic E-state index is 13.5. The Hall–Kier alpha value is -1.03. The number of ether oxygens (including phenoxy) is 1. The Balaban J connectivity index is 0.00000242. The molecule has 1 aromatic carbocycles. The predicted molar refractivity (Wildman–Crippen MR) is 76.2 cm³/mol. The molecule has 0 saturated heterocycles. The van der Waals surface area contributed by atoms with Gasteiger partial charge in [-0.25, -0.2) is 17.5 Å². The molecule has 0 heterocycles. The van der Waals surface area contributed by atoms with Gasteiger partial charge in [-0.3, -0.25) is 0 Å². The Kier molecular flexibility index (Phi) is 6.08. The zero-order valence-corrected chi connectivity index (χ0v) is 13.0. The van der Waals surface area contributed by atoms with E-state index in [4.69, 9.17) is 5.73 Å². The lowest BCUT2D eigenvalue weighted by Crippen LogP contribution is -2.54. The smallest absolute Gasteiger partial charge is 0.387 e. The van der Waals surface area contributed by atoms with Crippen molar-refractivity contribution in [2.75, 3.05) is 6.54 Å². The van der Waals surface area contributed by atoms with Gasteiger partial charge in [-0.1, -0.05) is 0 Å². The molecule has 10 heteroatoms. The molecule has 1 aliphatic carbocycles. The highest BCUT2D eigenvalue weighted by molar-refractivity contribution is 7.89. The van der Waals surface area contributed by atoms with Gasteiger partial charge in [0.25, 0.3) is 0 Å². The van der Waals surface area contributed by atoms with E-state index < -0.39 is 33.7 Å². The summed E-state index contributed by atoms with van der Waals surface area (Å²) in [5.41, 5.74) is 5.33. The number of benzene rings is 1. The van der Waals surface area contributed by atoms with Crippen LogP contribution in [0.25, 0.3) is 0 Å². The van der Waals surface area contributed by atoms with Crippen LogP contribution in [0.15, 0.2) is 23.1 Å². The van der Waals surface area contributed by atoms with Gasteiger partial charge in [0.15, 0.2) is 11.6 Å². The van der Waals surface area contributed by atoms with Gasteiger partial charge in [0.2, 0.25) is 10.0 Å². The van der Waals surface area contributed by atoms with Gasteiger partial charge in [0.1, 0.15) is 0 Å². The fraction of sp³-hybridized carbons (Fsp3) is 0.500. The zero-order valence-electron chi connectivity index (χ0n) is 11.4. The molecule has 0 aliphatic heterocycles. The number of sulfonamides is 1. The molecule has 1 fully saturated rings.